The fourth-order valence-electron chi connectivity index (χ4n) is 3.51. The number of hydrogen-bond acceptors (Lipinski definition) is 3. The molecule has 1 aliphatic rings. The summed E-state index contributed by atoms with van der Waals surface area (Å²) >= 11 is 9.81. The van der Waals surface area contributed by atoms with Crippen LogP contribution in [0.3, 0.4) is 0 Å². The number of benzene rings is 3. The van der Waals surface area contributed by atoms with Crippen molar-refractivity contribution in [3.8, 4) is 5.75 Å². The third kappa shape index (κ3) is 4.19. The SMILES string of the molecule is O=S(O)Cc1ccc(C2=C(c3cccc(Cl)c3)C(C=S)c3ccccc3O2)cc1. The molecule has 0 bridgehead atoms. The Bertz CT molecular complexity index is 1120. The Hall–Kier alpha value is -2.31. The van der Waals surface area contributed by atoms with E-state index >= 15 is 0 Å². The molecule has 0 saturated heterocycles. The minimum Gasteiger partial charge on any atom is -0.456 e. The van der Waals surface area contributed by atoms with E-state index in [9.17, 15) is 4.21 Å². The Morgan fingerprint density at radius 2 is 1.79 bits per heavy atom. The van der Waals surface area contributed by atoms with E-state index in [0.29, 0.717) is 10.8 Å². The summed E-state index contributed by atoms with van der Waals surface area (Å²) in [5, 5.41) is 2.39. The number of halogens is 1. The zero-order chi connectivity index (χ0) is 20.4. The Kier molecular flexibility index (Phi) is 5.92. The summed E-state index contributed by atoms with van der Waals surface area (Å²) in [6, 6.07) is 23.0. The van der Waals surface area contributed by atoms with Gasteiger partial charge in [0.25, 0.3) is 0 Å². The van der Waals surface area contributed by atoms with Crippen LogP contribution in [-0.4, -0.2) is 14.1 Å². The molecule has 4 rings (SSSR count). The number of thiocarbonyl (C=S) groups is 1. The number of rotatable bonds is 5. The maximum absolute atomic E-state index is 11.1. The molecule has 0 saturated carbocycles. The average Bonchev–Trinajstić information content (AvgIpc) is 2.72. The zero-order valence-corrected chi connectivity index (χ0v) is 17.6. The molecular weight excluding hydrogens is 424 g/mol. The van der Waals surface area contributed by atoms with Gasteiger partial charge in [-0.25, -0.2) is 4.21 Å². The third-order valence-corrected chi connectivity index (χ3v) is 5.89. The Labute approximate surface area is 182 Å². The van der Waals surface area contributed by atoms with Gasteiger partial charge in [-0.3, -0.25) is 0 Å². The third-order valence-electron chi connectivity index (χ3n) is 4.80. The van der Waals surface area contributed by atoms with E-state index in [1.807, 2.05) is 72.8 Å². The van der Waals surface area contributed by atoms with E-state index in [0.717, 1.165) is 33.6 Å². The molecule has 0 aromatic heterocycles. The largest absolute Gasteiger partial charge is 0.456 e. The quantitative estimate of drug-likeness (QED) is 0.384. The van der Waals surface area contributed by atoms with Crippen LogP contribution in [0.25, 0.3) is 11.3 Å². The first-order valence-electron chi connectivity index (χ1n) is 8.96. The molecule has 29 heavy (non-hydrogen) atoms. The molecule has 6 heteroatoms. The molecule has 3 nitrogen and oxygen atoms in total. The smallest absolute Gasteiger partial charge is 0.157 e. The lowest BCUT2D eigenvalue weighted by Crippen LogP contribution is -2.15. The molecule has 2 unspecified atom stereocenters. The first-order chi connectivity index (χ1) is 14.1. The van der Waals surface area contributed by atoms with Gasteiger partial charge in [0.2, 0.25) is 0 Å². The second kappa shape index (κ2) is 8.59. The number of hydrogen-bond donors (Lipinski definition) is 1. The molecule has 3 aromatic carbocycles. The lowest BCUT2D eigenvalue weighted by Gasteiger charge is -2.29. The number of fused-ring (bicyclic) bond motifs is 1. The van der Waals surface area contributed by atoms with E-state index in [1.54, 1.807) is 5.37 Å². The van der Waals surface area contributed by atoms with Gasteiger partial charge >= 0.3 is 0 Å². The molecular formula is C23H17ClO3S2. The van der Waals surface area contributed by atoms with Crippen molar-refractivity contribution in [2.75, 3.05) is 0 Å². The predicted octanol–water partition coefficient (Wildman–Crippen LogP) is 6.11. The molecule has 146 valence electrons. The number of para-hydroxylation sites is 1. The van der Waals surface area contributed by atoms with E-state index < -0.39 is 11.1 Å². The van der Waals surface area contributed by atoms with E-state index in [2.05, 4.69) is 0 Å². The van der Waals surface area contributed by atoms with E-state index in [-0.39, 0.29) is 11.7 Å². The monoisotopic (exact) mass is 440 g/mol. The average molecular weight is 441 g/mol. The van der Waals surface area contributed by atoms with Crippen LogP contribution in [0.1, 0.15) is 28.2 Å². The van der Waals surface area contributed by atoms with Gasteiger partial charge in [0, 0.05) is 27.6 Å². The van der Waals surface area contributed by atoms with Crippen LogP contribution in [0, 0.1) is 0 Å². The molecule has 3 aromatic rings. The number of ether oxygens (including phenoxy) is 1. The zero-order valence-electron chi connectivity index (χ0n) is 15.2. The van der Waals surface area contributed by atoms with Crippen molar-refractivity contribution < 1.29 is 13.5 Å². The second-order valence-corrected chi connectivity index (χ2v) is 8.31. The molecule has 0 aliphatic carbocycles. The summed E-state index contributed by atoms with van der Waals surface area (Å²) < 4.78 is 26.6. The van der Waals surface area contributed by atoms with Crippen molar-refractivity contribution in [2.24, 2.45) is 0 Å². The van der Waals surface area contributed by atoms with Crippen LogP contribution >= 0.6 is 23.8 Å². The molecule has 1 aliphatic heterocycles. The van der Waals surface area contributed by atoms with Crippen LogP contribution in [0.4, 0.5) is 0 Å². The standard InChI is InChI=1S/C23H17ClO3S2/c24-18-5-3-4-17(12-18)22-20(13-28)19-6-1-2-7-21(19)27-23(22)16-10-8-15(9-11-16)14-29(25)26/h1-13,20H,14H2,(H,25,26). The van der Waals surface area contributed by atoms with Crippen LogP contribution in [0.15, 0.2) is 72.8 Å². The van der Waals surface area contributed by atoms with Gasteiger partial charge in [0.15, 0.2) is 11.1 Å². The van der Waals surface area contributed by atoms with Gasteiger partial charge in [-0.2, -0.15) is 0 Å². The Balaban J connectivity index is 1.90. The van der Waals surface area contributed by atoms with Crippen molar-refractivity contribution in [3.63, 3.8) is 0 Å². The summed E-state index contributed by atoms with van der Waals surface area (Å²) in [5.74, 6) is 1.42. The highest BCUT2D eigenvalue weighted by atomic mass is 35.5. The number of allylic oxidation sites excluding steroid dienone is 1. The normalized spacial score (nSPS) is 16.7. The van der Waals surface area contributed by atoms with Crippen LogP contribution in [0.5, 0.6) is 5.75 Å². The van der Waals surface area contributed by atoms with Gasteiger partial charge in [-0.05, 0) is 34.7 Å². The van der Waals surface area contributed by atoms with Gasteiger partial charge in [-0.15, -0.1) is 0 Å². The van der Waals surface area contributed by atoms with Crippen LogP contribution < -0.4 is 4.74 Å². The highest BCUT2D eigenvalue weighted by Gasteiger charge is 2.30. The predicted molar refractivity (Wildman–Crippen MR) is 123 cm³/mol. The molecule has 0 radical (unpaired) electrons. The van der Waals surface area contributed by atoms with Crippen molar-refractivity contribution in [1.82, 2.24) is 0 Å². The molecule has 0 spiro atoms. The first-order valence-corrected chi connectivity index (χ1v) is 11.1. The van der Waals surface area contributed by atoms with Crippen molar-refractivity contribution in [3.05, 3.63) is 100 Å². The first kappa shape index (κ1) is 20.0. The fraction of sp³-hybridized carbons (Fsp3) is 0.0870. The van der Waals surface area contributed by atoms with E-state index in [1.165, 1.54) is 0 Å². The highest BCUT2D eigenvalue weighted by Crippen LogP contribution is 2.46. The summed E-state index contributed by atoms with van der Waals surface area (Å²) in [6.07, 6.45) is 0. The molecule has 0 fully saturated rings. The lowest BCUT2D eigenvalue weighted by molar-refractivity contribution is 0.500. The molecule has 1 N–H and O–H groups in total. The summed E-state index contributed by atoms with van der Waals surface area (Å²) in [4.78, 5) is 0. The van der Waals surface area contributed by atoms with Gasteiger partial charge < -0.3 is 9.29 Å². The van der Waals surface area contributed by atoms with Crippen molar-refractivity contribution in [2.45, 2.75) is 11.7 Å². The minimum atomic E-state index is -1.88. The lowest BCUT2D eigenvalue weighted by atomic mass is 9.83. The summed E-state index contributed by atoms with van der Waals surface area (Å²) in [6.45, 7) is 0. The molecule has 1 heterocycles. The topological polar surface area (TPSA) is 46.5 Å². The van der Waals surface area contributed by atoms with Crippen LogP contribution in [0.2, 0.25) is 5.02 Å². The Morgan fingerprint density at radius 3 is 2.48 bits per heavy atom. The Morgan fingerprint density at radius 1 is 1.03 bits per heavy atom. The maximum atomic E-state index is 11.1. The van der Waals surface area contributed by atoms with E-state index in [4.69, 9.17) is 33.1 Å². The fourth-order valence-corrected chi connectivity index (χ4v) is 4.46. The maximum Gasteiger partial charge on any atom is 0.157 e. The molecule has 2 atom stereocenters. The molecule has 0 amide bonds. The van der Waals surface area contributed by atoms with Gasteiger partial charge in [0.1, 0.15) is 11.5 Å². The highest BCUT2D eigenvalue weighted by molar-refractivity contribution is 7.79. The van der Waals surface area contributed by atoms with Crippen molar-refractivity contribution >= 4 is 51.6 Å². The van der Waals surface area contributed by atoms with Crippen LogP contribution in [-0.2, 0) is 16.8 Å². The second-order valence-electron chi connectivity index (χ2n) is 6.67. The summed E-state index contributed by atoms with van der Waals surface area (Å²) in [5.41, 5.74) is 4.53. The van der Waals surface area contributed by atoms with Crippen molar-refractivity contribution in [1.29, 1.82) is 0 Å². The minimum absolute atomic E-state index is 0.0900. The van der Waals surface area contributed by atoms with Gasteiger partial charge in [-0.1, -0.05) is 78.4 Å². The summed E-state index contributed by atoms with van der Waals surface area (Å²) in [7, 11) is 0. The van der Waals surface area contributed by atoms with Gasteiger partial charge in [0.05, 0.1) is 5.75 Å².